The Balaban J connectivity index is 2.08. The molecule has 0 bridgehead atoms. The summed E-state index contributed by atoms with van der Waals surface area (Å²) in [5, 5.41) is 2.40. The van der Waals surface area contributed by atoms with Gasteiger partial charge < -0.3 is 4.79 Å². The number of nitrogens with zero attached hydrogens (tertiary/aromatic N) is 1. The third-order valence-electron chi connectivity index (χ3n) is 2.66. The molecule has 0 aromatic heterocycles. The van der Waals surface area contributed by atoms with Crippen LogP contribution in [-0.4, -0.2) is 18.0 Å². The second kappa shape index (κ2) is 3.02. The Morgan fingerprint density at radius 2 is 1.87 bits per heavy atom. The molecule has 2 aromatic carbocycles. The van der Waals surface area contributed by atoms with Crippen LogP contribution in [0.25, 0.3) is 10.8 Å². The Bertz CT molecular complexity index is 572. The molecule has 0 spiro atoms. The first-order valence-corrected chi connectivity index (χ1v) is 4.90. The Morgan fingerprint density at radius 1 is 1.07 bits per heavy atom. The number of rotatable bonds is 2. The molecule has 0 saturated carbocycles. The number of carbonyl (C=O) groups excluding carboxylic acids is 1. The van der Waals surface area contributed by atoms with Crippen molar-refractivity contribution in [2.75, 3.05) is 0 Å². The van der Waals surface area contributed by atoms with Crippen molar-refractivity contribution < 1.29 is 4.79 Å². The minimum Gasteiger partial charge on any atom is -0.301 e. The summed E-state index contributed by atoms with van der Waals surface area (Å²) in [4.78, 5) is 14.6. The third kappa shape index (κ3) is 1.34. The first kappa shape index (κ1) is 8.36. The van der Waals surface area contributed by atoms with E-state index in [4.69, 9.17) is 0 Å². The van der Waals surface area contributed by atoms with Crippen LogP contribution >= 0.6 is 0 Å². The van der Waals surface area contributed by atoms with E-state index in [0.29, 0.717) is 0 Å². The average Bonchev–Trinajstić information content (AvgIpc) is 3.08. The highest BCUT2D eigenvalue weighted by molar-refractivity contribution is 6.22. The van der Waals surface area contributed by atoms with Gasteiger partial charge in [-0.25, -0.2) is 0 Å². The normalized spacial score (nSPS) is 18.7. The molecule has 2 nitrogen and oxygen atoms in total. The Morgan fingerprint density at radius 3 is 2.60 bits per heavy atom. The van der Waals surface area contributed by atoms with Crippen molar-refractivity contribution in [2.45, 2.75) is 6.04 Å². The Labute approximate surface area is 87.3 Å². The largest absolute Gasteiger partial charge is 0.301 e. The number of aldehydes is 1. The molecule has 1 aliphatic rings. The summed E-state index contributed by atoms with van der Waals surface area (Å²) in [7, 11) is 0. The summed E-state index contributed by atoms with van der Waals surface area (Å²) in [5.41, 5.74) is 1.97. The number of aliphatic imine (C=N–C) groups is 1. The van der Waals surface area contributed by atoms with Crippen molar-refractivity contribution in [2.24, 2.45) is 4.99 Å². The molecule has 0 aliphatic carbocycles. The fourth-order valence-corrected chi connectivity index (χ4v) is 1.80. The van der Waals surface area contributed by atoms with Crippen LogP contribution in [0.3, 0.4) is 0 Å². The molecule has 2 aromatic rings. The van der Waals surface area contributed by atoms with Crippen LogP contribution in [0.4, 0.5) is 0 Å². The molecule has 1 atom stereocenters. The van der Waals surface area contributed by atoms with Gasteiger partial charge in [-0.05, 0) is 22.4 Å². The average molecular weight is 195 g/mol. The van der Waals surface area contributed by atoms with E-state index < -0.39 is 0 Å². The fourth-order valence-electron chi connectivity index (χ4n) is 1.80. The van der Waals surface area contributed by atoms with Crippen molar-refractivity contribution in [3.8, 4) is 0 Å². The van der Waals surface area contributed by atoms with Crippen LogP contribution in [-0.2, 0) is 4.79 Å². The highest BCUT2D eigenvalue weighted by Gasteiger charge is 2.27. The Kier molecular flexibility index (Phi) is 1.68. The quantitative estimate of drug-likeness (QED) is 0.675. The van der Waals surface area contributed by atoms with Crippen molar-refractivity contribution in [1.82, 2.24) is 0 Å². The van der Waals surface area contributed by atoms with E-state index in [0.717, 1.165) is 17.6 Å². The van der Waals surface area contributed by atoms with E-state index >= 15 is 0 Å². The van der Waals surface area contributed by atoms with E-state index in [1.807, 2.05) is 18.2 Å². The van der Waals surface area contributed by atoms with E-state index in [1.165, 1.54) is 10.8 Å². The number of hydrogen-bond donors (Lipinski definition) is 0. The second-order valence-electron chi connectivity index (χ2n) is 3.66. The van der Waals surface area contributed by atoms with E-state index in [1.54, 1.807) is 0 Å². The van der Waals surface area contributed by atoms with Crippen LogP contribution in [0.2, 0.25) is 0 Å². The summed E-state index contributed by atoms with van der Waals surface area (Å²) in [5.74, 6) is 0. The van der Waals surface area contributed by atoms with Gasteiger partial charge in [0.05, 0.1) is 5.71 Å². The molecule has 1 aliphatic heterocycles. The van der Waals surface area contributed by atoms with Gasteiger partial charge in [0, 0.05) is 0 Å². The molecule has 0 radical (unpaired) electrons. The molecule has 2 heteroatoms. The van der Waals surface area contributed by atoms with Gasteiger partial charge in [0.2, 0.25) is 0 Å². The van der Waals surface area contributed by atoms with Crippen molar-refractivity contribution >= 4 is 22.8 Å². The maximum Gasteiger partial charge on any atom is 0.150 e. The van der Waals surface area contributed by atoms with Crippen LogP contribution in [0.1, 0.15) is 5.56 Å². The molecular weight excluding hydrogens is 186 g/mol. The van der Waals surface area contributed by atoms with Gasteiger partial charge in [0.1, 0.15) is 6.04 Å². The van der Waals surface area contributed by atoms with E-state index in [2.05, 4.69) is 29.3 Å². The summed E-state index contributed by atoms with van der Waals surface area (Å²) in [6.07, 6.45) is 0.879. The van der Waals surface area contributed by atoms with Gasteiger partial charge in [-0.2, -0.15) is 0 Å². The fraction of sp³-hybridized carbons (Fsp3) is 0.0769. The van der Waals surface area contributed by atoms with Gasteiger partial charge in [-0.1, -0.05) is 36.4 Å². The smallest absolute Gasteiger partial charge is 0.150 e. The summed E-state index contributed by atoms with van der Waals surface area (Å²) >= 11 is 0. The number of fused-ring (bicyclic) bond motifs is 1. The molecule has 0 N–H and O–H groups in total. The lowest BCUT2D eigenvalue weighted by atomic mass is 10.0. The van der Waals surface area contributed by atoms with Gasteiger partial charge in [-0.15, -0.1) is 0 Å². The van der Waals surface area contributed by atoms with Gasteiger partial charge >= 0.3 is 0 Å². The lowest BCUT2D eigenvalue weighted by Crippen LogP contribution is -1.99. The third-order valence-corrected chi connectivity index (χ3v) is 2.66. The monoisotopic (exact) mass is 195 g/mol. The first-order valence-electron chi connectivity index (χ1n) is 4.90. The predicted molar refractivity (Wildman–Crippen MR) is 60.3 cm³/mol. The molecule has 0 amide bonds. The zero-order valence-corrected chi connectivity index (χ0v) is 8.05. The van der Waals surface area contributed by atoms with Crippen LogP contribution in [0.5, 0.6) is 0 Å². The predicted octanol–water partition coefficient (Wildman–Crippen LogP) is 2.21. The van der Waals surface area contributed by atoms with Gasteiger partial charge in [0.15, 0.2) is 6.29 Å². The minimum atomic E-state index is -0.189. The second-order valence-corrected chi connectivity index (χ2v) is 3.66. The van der Waals surface area contributed by atoms with Gasteiger partial charge in [-0.3, -0.25) is 4.99 Å². The van der Waals surface area contributed by atoms with Crippen LogP contribution in [0, 0.1) is 0 Å². The van der Waals surface area contributed by atoms with Crippen LogP contribution < -0.4 is 0 Å². The molecule has 1 unspecified atom stereocenters. The molecule has 1 heterocycles. The highest BCUT2D eigenvalue weighted by atomic mass is 16.1. The number of benzene rings is 2. The van der Waals surface area contributed by atoms with Crippen LogP contribution in [0.15, 0.2) is 47.5 Å². The summed E-state index contributed by atoms with van der Waals surface area (Å²) in [6.45, 7) is 0. The molecule has 0 fully saturated rings. The lowest BCUT2D eigenvalue weighted by Gasteiger charge is -1.98. The molecular formula is C13H9NO. The standard InChI is InChI=1S/C13H9NO/c15-8-12-13(14-12)11-6-5-9-3-1-2-4-10(9)7-11/h1-8,12H. The van der Waals surface area contributed by atoms with E-state index in [9.17, 15) is 4.79 Å². The molecule has 15 heavy (non-hydrogen) atoms. The van der Waals surface area contributed by atoms with Crippen molar-refractivity contribution in [3.05, 3.63) is 48.0 Å². The zero-order valence-electron chi connectivity index (χ0n) is 8.05. The van der Waals surface area contributed by atoms with Gasteiger partial charge in [0.25, 0.3) is 0 Å². The number of carbonyl (C=O) groups is 1. The zero-order chi connectivity index (χ0) is 10.3. The first-order chi connectivity index (χ1) is 7.38. The molecule has 3 rings (SSSR count). The maximum atomic E-state index is 10.5. The highest BCUT2D eigenvalue weighted by Crippen LogP contribution is 2.22. The Hall–Kier alpha value is -1.96. The summed E-state index contributed by atoms with van der Waals surface area (Å²) in [6, 6.07) is 14.1. The summed E-state index contributed by atoms with van der Waals surface area (Å²) < 4.78 is 0. The maximum absolute atomic E-state index is 10.5. The lowest BCUT2D eigenvalue weighted by molar-refractivity contribution is -0.107. The molecule has 0 saturated heterocycles. The topological polar surface area (TPSA) is 29.4 Å². The number of hydrogen-bond acceptors (Lipinski definition) is 2. The SMILES string of the molecule is O=CC1N=C1c1ccc2ccccc2c1. The van der Waals surface area contributed by atoms with Crippen molar-refractivity contribution in [3.63, 3.8) is 0 Å². The van der Waals surface area contributed by atoms with E-state index in [-0.39, 0.29) is 6.04 Å². The van der Waals surface area contributed by atoms with Crippen molar-refractivity contribution in [1.29, 1.82) is 0 Å². The molecule has 72 valence electrons. The minimum absolute atomic E-state index is 0.189.